The maximum absolute atomic E-state index is 11.8. The van der Waals surface area contributed by atoms with Crippen molar-refractivity contribution in [1.82, 2.24) is 15.6 Å². The molecule has 2 amide bonds. The van der Waals surface area contributed by atoms with Crippen molar-refractivity contribution >= 4 is 23.2 Å². The van der Waals surface area contributed by atoms with Crippen LogP contribution in [0.3, 0.4) is 0 Å². The van der Waals surface area contributed by atoms with Gasteiger partial charge in [-0.3, -0.25) is 9.59 Å². The first-order valence-electron chi connectivity index (χ1n) is 9.07. The average molecular weight is 374 g/mol. The van der Waals surface area contributed by atoms with E-state index >= 15 is 0 Å². The lowest BCUT2D eigenvalue weighted by Gasteiger charge is -2.04. The van der Waals surface area contributed by atoms with Crippen molar-refractivity contribution in [2.45, 2.75) is 46.0 Å². The molecule has 1 heterocycles. The zero-order chi connectivity index (χ0) is 18.8. The Morgan fingerprint density at radius 1 is 1.04 bits per heavy atom. The summed E-state index contributed by atoms with van der Waals surface area (Å²) in [5, 5.41) is 8.79. The van der Waals surface area contributed by atoms with E-state index in [9.17, 15) is 9.59 Å². The summed E-state index contributed by atoms with van der Waals surface area (Å²) in [7, 11) is 0. The van der Waals surface area contributed by atoms with Gasteiger partial charge in [-0.1, -0.05) is 36.2 Å². The van der Waals surface area contributed by atoms with Gasteiger partial charge in [0.1, 0.15) is 5.01 Å². The normalized spacial score (nSPS) is 10.5. The van der Waals surface area contributed by atoms with Gasteiger partial charge in [0, 0.05) is 43.8 Å². The van der Waals surface area contributed by atoms with E-state index in [1.807, 2.05) is 0 Å². The molecule has 2 rings (SSSR count). The van der Waals surface area contributed by atoms with Crippen LogP contribution >= 0.6 is 11.3 Å². The van der Waals surface area contributed by atoms with Gasteiger partial charge in [-0.15, -0.1) is 11.3 Å². The summed E-state index contributed by atoms with van der Waals surface area (Å²) in [6.07, 6.45) is 3.98. The number of hydrogen-bond acceptors (Lipinski definition) is 4. The minimum absolute atomic E-state index is 0.00433. The van der Waals surface area contributed by atoms with Crippen LogP contribution in [0.2, 0.25) is 0 Å². The summed E-state index contributed by atoms with van der Waals surface area (Å²) in [6, 6.07) is 8.36. The molecule has 26 heavy (non-hydrogen) atoms. The zero-order valence-electron chi connectivity index (χ0n) is 15.5. The predicted molar refractivity (Wildman–Crippen MR) is 106 cm³/mol. The Morgan fingerprint density at radius 2 is 1.81 bits per heavy atom. The maximum atomic E-state index is 11.8. The lowest BCUT2D eigenvalue weighted by molar-refractivity contribution is -0.121. The molecule has 2 aromatic rings. The Kier molecular flexibility index (Phi) is 8.28. The number of hydrogen-bond donors (Lipinski definition) is 2. The van der Waals surface area contributed by atoms with Gasteiger partial charge in [0.05, 0.1) is 5.69 Å². The lowest BCUT2D eigenvalue weighted by atomic mass is 10.2. The van der Waals surface area contributed by atoms with E-state index in [0.29, 0.717) is 19.5 Å². The van der Waals surface area contributed by atoms with E-state index in [1.165, 1.54) is 12.5 Å². The molecule has 0 atom stereocenters. The van der Waals surface area contributed by atoms with Crippen LogP contribution in [0.1, 0.15) is 43.9 Å². The van der Waals surface area contributed by atoms with Gasteiger partial charge in [-0.05, 0) is 19.8 Å². The van der Waals surface area contributed by atoms with E-state index in [2.05, 4.69) is 52.2 Å². The highest BCUT2D eigenvalue weighted by molar-refractivity contribution is 7.13. The molecule has 6 heteroatoms. The van der Waals surface area contributed by atoms with E-state index < -0.39 is 0 Å². The average Bonchev–Trinajstić information content (AvgIpc) is 3.07. The second-order valence-electron chi connectivity index (χ2n) is 6.40. The first kappa shape index (κ1) is 20.1. The van der Waals surface area contributed by atoms with E-state index in [4.69, 9.17) is 0 Å². The van der Waals surface area contributed by atoms with Crippen LogP contribution in [0.15, 0.2) is 29.6 Å². The highest BCUT2D eigenvalue weighted by atomic mass is 32.1. The van der Waals surface area contributed by atoms with Crippen LogP contribution in [-0.2, 0) is 16.0 Å². The van der Waals surface area contributed by atoms with Crippen LogP contribution in [0.5, 0.6) is 0 Å². The fourth-order valence-corrected chi connectivity index (χ4v) is 3.38. The van der Waals surface area contributed by atoms with E-state index in [0.717, 1.165) is 41.9 Å². The summed E-state index contributed by atoms with van der Waals surface area (Å²) in [4.78, 5) is 27.2. The zero-order valence-corrected chi connectivity index (χ0v) is 16.3. The van der Waals surface area contributed by atoms with Crippen molar-refractivity contribution in [3.05, 3.63) is 40.9 Å². The summed E-state index contributed by atoms with van der Waals surface area (Å²) in [5.41, 5.74) is 3.39. The molecule has 0 bridgehead atoms. The predicted octanol–water partition coefficient (Wildman–Crippen LogP) is 3.47. The monoisotopic (exact) mass is 373 g/mol. The molecule has 0 saturated heterocycles. The van der Waals surface area contributed by atoms with Crippen LogP contribution in [0.25, 0.3) is 10.6 Å². The fourth-order valence-electron chi connectivity index (χ4n) is 2.52. The molecule has 1 aromatic carbocycles. The first-order valence-corrected chi connectivity index (χ1v) is 9.95. The molecule has 0 aliphatic carbocycles. The summed E-state index contributed by atoms with van der Waals surface area (Å²) in [6.45, 7) is 4.88. The molecular weight excluding hydrogens is 346 g/mol. The standard InChI is InChI=1S/C20H27N3O2S/c1-15-7-9-17(10-8-15)20-23-18(14-26-20)11-13-22-19(25)6-4-3-5-12-21-16(2)24/h7-10,14H,3-6,11-13H2,1-2H3,(H,21,24)(H,22,25). The largest absolute Gasteiger partial charge is 0.356 e. The topological polar surface area (TPSA) is 71.1 Å². The van der Waals surface area contributed by atoms with E-state index in [1.54, 1.807) is 11.3 Å². The van der Waals surface area contributed by atoms with Crippen LogP contribution in [-0.4, -0.2) is 29.9 Å². The lowest BCUT2D eigenvalue weighted by Crippen LogP contribution is -2.25. The number of unbranched alkanes of at least 4 members (excludes halogenated alkanes) is 2. The molecule has 5 nitrogen and oxygen atoms in total. The van der Waals surface area contributed by atoms with Crippen molar-refractivity contribution in [3.63, 3.8) is 0 Å². The van der Waals surface area contributed by atoms with Gasteiger partial charge in [0.15, 0.2) is 0 Å². The van der Waals surface area contributed by atoms with Gasteiger partial charge in [-0.25, -0.2) is 4.98 Å². The highest BCUT2D eigenvalue weighted by Crippen LogP contribution is 2.24. The number of nitrogens with one attached hydrogen (secondary N) is 2. The molecular formula is C20H27N3O2S. The van der Waals surface area contributed by atoms with Crippen LogP contribution in [0, 0.1) is 6.92 Å². The maximum Gasteiger partial charge on any atom is 0.220 e. The van der Waals surface area contributed by atoms with Gasteiger partial charge >= 0.3 is 0 Å². The molecule has 0 spiro atoms. The van der Waals surface area contributed by atoms with Gasteiger partial charge in [0.2, 0.25) is 11.8 Å². The Bertz CT molecular complexity index is 710. The summed E-state index contributed by atoms with van der Waals surface area (Å²) >= 11 is 1.64. The number of benzene rings is 1. The smallest absolute Gasteiger partial charge is 0.220 e. The number of carbonyl (C=O) groups is 2. The number of aryl methyl sites for hydroxylation is 1. The molecule has 1 aromatic heterocycles. The van der Waals surface area contributed by atoms with Gasteiger partial charge in [0.25, 0.3) is 0 Å². The molecule has 0 fully saturated rings. The first-order chi connectivity index (χ1) is 12.5. The van der Waals surface area contributed by atoms with E-state index in [-0.39, 0.29) is 11.8 Å². The molecule has 0 aliphatic rings. The number of thiazole rings is 1. The number of rotatable bonds is 10. The highest BCUT2D eigenvalue weighted by Gasteiger charge is 2.06. The molecule has 2 N–H and O–H groups in total. The second-order valence-corrected chi connectivity index (χ2v) is 7.26. The molecule has 0 aliphatic heterocycles. The molecule has 0 saturated carbocycles. The van der Waals surface area contributed by atoms with Crippen molar-refractivity contribution in [2.75, 3.05) is 13.1 Å². The minimum Gasteiger partial charge on any atom is -0.356 e. The molecule has 0 unspecified atom stereocenters. The Balaban J connectivity index is 1.61. The second kappa shape index (κ2) is 10.7. The van der Waals surface area contributed by atoms with Crippen molar-refractivity contribution in [1.29, 1.82) is 0 Å². The number of aromatic nitrogens is 1. The minimum atomic E-state index is -0.00433. The fraction of sp³-hybridized carbons (Fsp3) is 0.450. The number of amides is 2. The third-order valence-corrected chi connectivity index (χ3v) is 4.95. The Hall–Kier alpha value is -2.21. The number of carbonyl (C=O) groups excluding carboxylic acids is 2. The SMILES string of the molecule is CC(=O)NCCCCCC(=O)NCCc1csc(-c2ccc(C)cc2)n1. The Labute approximate surface area is 159 Å². The number of nitrogens with zero attached hydrogens (tertiary/aromatic N) is 1. The van der Waals surface area contributed by atoms with Crippen molar-refractivity contribution < 1.29 is 9.59 Å². The third kappa shape index (κ3) is 7.35. The van der Waals surface area contributed by atoms with Gasteiger partial charge < -0.3 is 10.6 Å². The molecule has 140 valence electrons. The van der Waals surface area contributed by atoms with Gasteiger partial charge in [-0.2, -0.15) is 0 Å². The quantitative estimate of drug-likeness (QED) is 0.627. The third-order valence-electron chi connectivity index (χ3n) is 4.01. The van der Waals surface area contributed by atoms with Crippen LogP contribution in [0.4, 0.5) is 0 Å². The van der Waals surface area contributed by atoms with Crippen LogP contribution < -0.4 is 10.6 Å². The molecule has 0 radical (unpaired) electrons. The van der Waals surface area contributed by atoms with Crippen molar-refractivity contribution in [3.8, 4) is 10.6 Å². The Morgan fingerprint density at radius 3 is 2.54 bits per heavy atom. The summed E-state index contributed by atoms with van der Waals surface area (Å²) < 4.78 is 0. The summed E-state index contributed by atoms with van der Waals surface area (Å²) in [5.74, 6) is 0.0776. The van der Waals surface area contributed by atoms with Crippen molar-refractivity contribution in [2.24, 2.45) is 0 Å².